The number of carboxylic acid groups (broad SMARTS) is 1. The smallest absolute Gasteiger partial charge is 0.407 e. The lowest BCUT2D eigenvalue weighted by Crippen LogP contribution is -2.41. The first kappa shape index (κ1) is 20.4. The quantitative estimate of drug-likeness (QED) is 0.750. The van der Waals surface area contributed by atoms with Crippen LogP contribution < -0.4 is 5.32 Å². The van der Waals surface area contributed by atoms with Gasteiger partial charge in [0.1, 0.15) is 12.6 Å². The van der Waals surface area contributed by atoms with Gasteiger partial charge in [-0.15, -0.1) is 0 Å². The first-order chi connectivity index (χ1) is 13.9. The van der Waals surface area contributed by atoms with Crippen molar-refractivity contribution in [2.24, 2.45) is 0 Å². The van der Waals surface area contributed by atoms with E-state index in [0.717, 1.165) is 27.2 Å². The van der Waals surface area contributed by atoms with Crippen LogP contribution in [0.4, 0.5) is 4.79 Å². The molecule has 152 valence electrons. The van der Waals surface area contributed by atoms with Gasteiger partial charge < -0.3 is 20.1 Å². The maximum absolute atomic E-state index is 12.1. The number of alkyl carbamates (subject to hydrolysis) is 1. The molecule has 0 aliphatic heterocycles. The van der Waals surface area contributed by atoms with E-state index < -0.39 is 18.1 Å². The number of likely N-dealkylation sites (N-methyl/N-ethyl adjacent to an activating group) is 1. The molecule has 0 saturated carbocycles. The van der Waals surface area contributed by atoms with E-state index in [1.807, 2.05) is 36.4 Å². The monoisotopic (exact) mass is 396 g/mol. The molecular weight excluding hydrogens is 372 g/mol. The fourth-order valence-electron chi connectivity index (χ4n) is 3.48. The van der Waals surface area contributed by atoms with Crippen LogP contribution in [0.2, 0.25) is 0 Å². The highest BCUT2D eigenvalue weighted by Gasteiger charge is 2.29. The zero-order valence-corrected chi connectivity index (χ0v) is 16.4. The molecule has 2 amide bonds. The predicted molar refractivity (Wildman–Crippen MR) is 108 cm³/mol. The van der Waals surface area contributed by atoms with E-state index >= 15 is 0 Å². The van der Waals surface area contributed by atoms with Crippen LogP contribution in [0.15, 0.2) is 48.5 Å². The molecule has 2 aromatic rings. The second kappa shape index (κ2) is 8.77. The standard InChI is InChI=1S/C22H24N2O5/c1-14(21(26)27)24(2)20(25)11-12-23-22(28)29-13-19-17-9-5-3-7-15(17)16-8-4-6-10-18(16)19/h3-10,14,19H,11-13H2,1-2H3,(H,23,28)(H,26,27). The summed E-state index contributed by atoms with van der Waals surface area (Å²) in [4.78, 5) is 36.1. The van der Waals surface area contributed by atoms with Crippen LogP contribution >= 0.6 is 0 Å². The summed E-state index contributed by atoms with van der Waals surface area (Å²) in [5.74, 6) is -1.47. The molecule has 0 spiro atoms. The van der Waals surface area contributed by atoms with Crippen LogP contribution in [0.25, 0.3) is 11.1 Å². The number of carboxylic acids is 1. The fraction of sp³-hybridized carbons (Fsp3) is 0.318. The van der Waals surface area contributed by atoms with E-state index in [4.69, 9.17) is 9.84 Å². The van der Waals surface area contributed by atoms with Gasteiger partial charge in [-0.1, -0.05) is 48.5 Å². The maximum atomic E-state index is 12.1. The molecule has 7 nitrogen and oxygen atoms in total. The Morgan fingerprint density at radius 3 is 2.17 bits per heavy atom. The first-order valence-corrected chi connectivity index (χ1v) is 9.47. The fourth-order valence-corrected chi connectivity index (χ4v) is 3.48. The van der Waals surface area contributed by atoms with E-state index in [2.05, 4.69) is 17.4 Å². The van der Waals surface area contributed by atoms with Crippen molar-refractivity contribution in [2.45, 2.75) is 25.3 Å². The first-order valence-electron chi connectivity index (χ1n) is 9.47. The number of nitrogens with zero attached hydrogens (tertiary/aromatic N) is 1. The van der Waals surface area contributed by atoms with Crippen molar-refractivity contribution in [1.82, 2.24) is 10.2 Å². The molecule has 1 unspecified atom stereocenters. The van der Waals surface area contributed by atoms with Crippen molar-refractivity contribution in [2.75, 3.05) is 20.2 Å². The van der Waals surface area contributed by atoms with Gasteiger partial charge in [-0.25, -0.2) is 9.59 Å². The molecule has 0 radical (unpaired) electrons. The van der Waals surface area contributed by atoms with Gasteiger partial charge in [-0.3, -0.25) is 4.79 Å². The van der Waals surface area contributed by atoms with Crippen molar-refractivity contribution in [3.63, 3.8) is 0 Å². The van der Waals surface area contributed by atoms with E-state index in [0.29, 0.717) is 0 Å². The molecule has 29 heavy (non-hydrogen) atoms. The number of rotatable bonds is 7. The Morgan fingerprint density at radius 1 is 1.07 bits per heavy atom. The van der Waals surface area contributed by atoms with Crippen LogP contribution in [0.3, 0.4) is 0 Å². The van der Waals surface area contributed by atoms with Crippen molar-refractivity contribution in [1.29, 1.82) is 0 Å². The molecule has 1 atom stereocenters. The Morgan fingerprint density at radius 2 is 1.62 bits per heavy atom. The lowest BCUT2D eigenvalue weighted by Gasteiger charge is -2.21. The lowest BCUT2D eigenvalue weighted by molar-refractivity contribution is -0.148. The molecule has 1 aliphatic carbocycles. The maximum Gasteiger partial charge on any atom is 0.407 e. The van der Waals surface area contributed by atoms with E-state index in [9.17, 15) is 14.4 Å². The highest BCUT2D eigenvalue weighted by Crippen LogP contribution is 2.44. The molecule has 2 N–H and O–H groups in total. The Bertz CT molecular complexity index is 881. The van der Waals surface area contributed by atoms with Crippen molar-refractivity contribution in [3.05, 3.63) is 59.7 Å². The van der Waals surface area contributed by atoms with Crippen LogP contribution in [-0.2, 0) is 14.3 Å². The van der Waals surface area contributed by atoms with Crippen molar-refractivity contribution in [3.8, 4) is 11.1 Å². The SMILES string of the molecule is CC(C(=O)O)N(C)C(=O)CCNC(=O)OCC1c2ccccc2-c2ccccc21. The number of carbonyl (C=O) groups excluding carboxylic acids is 2. The third kappa shape index (κ3) is 4.39. The van der Waals surface area contributed by atoms with Crippen LogP contribution in [0.5, 0.6) is 0 Å². The molecule has 0 saturated heterocycles. The van der Waals surface area contributed by atoms with Crippen LogP contribution in [0.1, 0.15) is 30.4 Å². The van der Waals surface area contributed by atoms with Gasteiger partial charge in [0.25, 0.3) is 0 Å². The number of aliphatic carboxylic acids is 1. The van der Waals surface area contributed by atoms with Gasteiger partial charge >= 0.3 is 12.1 Å². The summed E-state index contributed by atoms with van der Waals surface area (Å²) < 4.78 is 5.40. The highest BCUT2D eigenvalue weighted by atomic mass is 16.5. The lowest BCUT2D eigenvalue weighted by atomic mass is 9.98. The Labute approximate surface area is 169 Å². The number of carbonyl (C=O) groups is 3. The predicted octanol–water partition coefficient (Wildman–Crippen LogP) is 2.85. The van der Waals surface area contributed by atoms with Crippen molar-refractivity contribution >= 4 is 18.0 Å². The summed E-state index contributed by atoms with van der Waals surface area (Å²) in [5.41, 5.74) is 4.55. The molecule has 0 fully saturated rings. The summed E-state index contributed by atoms with van der Waals surface area (Å²) in [5, 5.41) is 11.5. The number of nitrogens with one attached hydrogen (secondary N) is 1. The summed E-state index contributed by atoms with van der Waals surface area (Å²) in [7, 11) is 1.43. The molecule has 1 aliphatic rings. The van der Waals surface area contributed by atoms with E-state index in [1.54, 1.807) is 0 Å². The number of fused-ring (bicyclic) bond motifs is 3. The summed E-state index contributed by atoms with van der Waals surface area (Å²) in [6.07, 6.45) is -0.605. The second-order valence-electron chi connectivity index (χ2n) is 7.02. The summed E-state index contributed by atoms with van der Waals surface area (Å²) >= 11 is 0. The Balaban J connectivity index is 1.52. The van der Waals surface area contributed by atoms with Gasteiger partial charge in [0.05, 0.1) is 0 Å². The second-order valence-corrected chi connectivity index (χ2v) is 7.02. The van der Waals surface area contributed by atoms with Crippen LogP contribution in [-0.4, -0.2) is 54.2 Å². The minimum atomic E-state index is -1.08. The third-order valence-electron chi connectivity index (χ3n) is 5.28. The average molecular weight is 396 g/mol. The Kier molecular flexibility index (Phi) is 6.16. The van der Waals surface area contributed by atoms with E-state index in [-0.39, 0.29) is 31.4 Å². The molecular formula is C22H24N2O5. The molecule has 7 heteroatoms. The highest BCUT2D eigenvalue weighted by molar-refractivity contribution is 5.83. The minimum absolute atomic E-state index is 0.00167. The average Bonchev–Trinajstić information content (AvgIpc) is 3.04. The van der Waals surface area contributed by atoms with E-state index in [1.165, 1.54) is 14.0 Å². The van der Waals surface area contributed by atoms with Gasteiger partial charge in [0.15, 0.2) is 0 Å². The zero-order chi connectivity index (χ0) is 21.0. The normalized spacial score (nSPS) is 13.2. The Hall–Kier alpha value is -3.35. The molecule has 3 rings (SSSR count). The van der Waals surface area contributed by atoms with Gasteiger partial charge in [-0.05, 0) is 29.2 Å². The number of ether oxygens (including phenoxy) is 1. The number of amides is 2. The van der Waals surface area contributed by atoms with Crippen molar-refractivity contribution < 1.29 is 24.2 Å². The number of hydrogen-bond donors (Lipinski definition) is 2. The number of benzene rings is 2. The molecule has 0 aromatic heterocycles. The summed E-state index contributed by atoms with van der Waals surface area (Å²) in [6, 6.07) is 15.2. The topological polar surface area (TPSA) is 95.9 Å². The molecule has 0 bridgehead atoms. The number of hydrogen-bond acceptors (Lipinski definition) is 4. The van der Waals surface area contributed by atoms with Gasteiger partial charge in [0.2, 0.25) is 5.91 Å². The third-order valence-corrected chi connectivity index (χ3v) is 5.28. The summed E-state index contributed by atoms with van der Waals surface area (Å²) in [6.45, 7) is 1.70. The zero-order valence-electron chi connectivity index (χ0n) is 16.4. The van der Waals surface area contributed by atoms with Gasteiger partial charge in [-0.2, -0.15) is 0 Å². The van der Waals surface area contributed by atoms with Crippen LogP contribution in [0, 0.1) is 0 Å². The minimum Gasteiger partial charge on any atom is -0.480 e. The molecule has 2 aromatic carbocycles. The largest absolute Gasteiger partial charge is 0.480 e. The molecule has 0 heterocycles. The van der Waals surface area contributed by atoms with Gasteiger partial charge in [0, 0.05) is 25.9 Å².